The van der Waals surface area contributed by atoms with Crippen molar-refractivity contribution in [1.29, 1.82) is 0 Å². The van der Waals surface area contributed by atoms with Gasteiger partial charge in [0.1, 0.15) is 5.75 Å². The van der Waals surface area contributed by atoms with Crippen molar-refractivity contribution >= 4 is 39.6 Å². The summed E-state index contributed by atoms with van der Waals surface area (Å²) in [5.74, 6) is 0.548. The summed E-state index contributed by atoms with van der Waals surface area (Å²) in [5.41, 5.74) is 3.53. The van der Waals surface area contributed by atoms with E-state index in [2.05, 4.69) is 15.9 Å². The number of hydrogen-bond acceptors (Lipinski definition) is 4. The van der Waals surface area contributed by atoms with Crippen LogP contribution in [0.1, 0.15) is 27.0 Å². The van der Waals surface area contributed by atoms with Gasteiger partial charge in [-0.05, 0) is 56.9 Å². The zero-order valence-electron chi connectivity index (χ0n) is 20.5. The first-order chi connectivity index (χ1) is 18.0. The minimum absolute atomic E-state index is 0.0614. The van der Waals surface area contributed by atoms with Gasteiger partial charge < -0.3 is 18.9 Å². The van der Waals surface area contributed by atoms with Gasteiger partial charge in [-0.2, -0.15) is 0 Å². The molecule has 0 saturated heterocycles. The van der Waals surface area contributed by atoms with Crippen LogP contribution >= 0.6 is 23.1 Å². The molecule has 0 aromatic heterocycles. The summed E-state index contributed by atoms with van der Waals surface area (Å²) in [4.78, 5) is 15.8. The smallest absolute Gasteiger partial charge is 0.255 e. The van der Waals surface area contributed by atoms with E-state index in [9.17, 15) is 9.36 Å². The lowest BCUT2D eigenvalue weighted by molar-refractivity contribution is 0.0771. The second kappa shape index (κ2) is 11.1. The lowest BCUT2D eigenvalue weighted by atomic mass is 10.1. The predicted molar refractivity (Wildman–Crippen MR) is 150 cm³/mol. The molecular weight excluding hydrogens is 549 g/mol. The molecule has 5 nitrogen and oxygen atoms in total. The van der Waals surface area contributed by atoms with Crippen LogP contribution < -0.4 is 15.3 Å². The van der Waals surface area contributed by atoms with Crippen LogP contribution in [0.3, 0.4) is 0 Å². The Labute approximate surface area is 225 Å². The third-order valence-corrected chi connectivity index (χ3v) is 10.2. The maximum atomic E-state index is 14.9. The van der Waals surface area contributed by atoms with Crippen molar-refractivity contribution in [1.82, 2.24) is 4.90 Å². The van der Waals surface area contributed by atoms with Crippen LogP contribution in [0.5, 0.6) is 5.75 Å². The standard InChI is InChI=1S/C30H27BrNO4P/c1-35-25-14-12-22(13-15-25)18-32(30(33)28-16-23-19-36-20-24(23)17-29(28)31)21-37(34,26-8-4-2-5-9-26)27-10-6-3-7-11-27/h2-17H,18-21H2,1H3. The number of rotatable bonds is 8. The molecule has 7 heteroatoms. The van der Waals surface area contributed by atoms with Crippen molar-refractivity contribution in [2.45, 2.75) is 19.8 Å². The quantitative estimate of drug-likeness (QED) is 0.238. The summed E-state index contributed by atoms with van der Waals surface area (Å²) in [7, 11) is -1.58. The van der Waals surface area contributed by atoms with E-state index in [0.717, 1.165) is 33.0 Å². The van der Waals surface area contributed by atoms with E-state index in [-0.39, 0.29) is 12.2 Å². The zero-order valence-corrected chi connectivity index (χ0v) is 23.0. The van der Waals surface area contributed by atoms with E-state index in [1.807, 2.05) is 97.1 Å². The summed E-state index contributed by atoms with van der Waals surface area (Å²) < 4.78 is 26.5. The number of halogens is 1. The molecule has 1 aliphatic rings. The maximum absolute atomic E-state index is 14.9. The number of ether oxygens (including phenoxy) is 2. The average Bonchev–Trinajstić information content (AvgIpc) is 3.40. The van der Waals surface area contributed by atoms with E-state index in [4.69, 9.17) is 9.47 Å². The average molecular weight is 576 g/mol. The van der Waals surface area contributed by atoms with Gasteiger partial charge in [-0.1, -0.05) is 72.8 Å². The molecule has 1 amide bonds. The fraction of sp³-hybridized carbons (Fsp3) is 0.167. The second-order valence-electron chi connectivity index (χ2n) is 9.00. The molecule has 0 bridgehead atoms. The highest BCUT2D eigenvalue weighted by atomic mass is 79.9. The molecule has 1 aliphatic heterocycles. The normalized spacial score (nSPS) is 12.7. The molecule has 0 N–H and O–H groups in total. The predicted octanol–water partition coefficient (Wildman–Crippen LogP) is 6.10. The fourth-order valence-corrected chi connectivity index (χ4v) is 7.76. The van der Waals surface area contributed by atoms with Gasteiger partial charge in [0.25, 0.3) is 5.91 Å². The topological polar surface area (TPSA) is 55.8 Å². The highest BCUT2D eigenvalue weighted by Gasteiger charge is 2.33. The van der Waals surface area contributed by atoms with E-state index in [0.29, 0.717) is 29.8 Å². The first kappa shape index (κ1) is 25.5. The van der Waals surface area contributed by atoms with Crippen LogP contribution in [0.4, 0.5) is 0 Å². The lowest BCUT2D eigenvalue weighted by Crippen LogP contribution is -2.35. The van der Waals surface area contributed by atoms with Crippen LogP contribution in [-0.2, 0) is 29.1 Å². The van der Waals surface area contributed by atoms with Gasteiger partial charge in [0.15, 0.2) is 7.14 Å². The van der Waals surface area contributed by atoms with E-state index >= 15 is 0 Å². The molecule has 0 fully saturated rings. The molecule has 4 aromatic carbocycles. The van der Waals surface area contributed by atoms with Crippen molar-refractivity contribution in [2.75, 3.05) is 13.4 Å². The van der Waals surface area contributed by atoms with Gasteiger partial charge >= 0.3 is 0 Å². The summed E-state index contributed by atoms with van der Waals surface area (Å²) in [6.07, 6.45) is 0.0614. The first-order valence-corrected chi connectivity index (χ1v) is 14.7. The van der Waals surface area contributed by atoms with Crippen LogP contribution in [0.2, 0.25) is 0 Å². The maximum Gasteiger partial charge on any atom is 0.255 e. The third kappa shape index (κ3) is 5.42. The monoisotopic (exact) mass is 575 g/mol. The molecule has 0 unspecified atom stereocenters. The number of nitrogens with zero attached hydrogens (tertiary/aromatic N) is 1. The summed E-state index contributed by atoms with van der Waals surface area (Å²) in [6.45, 7) is 1.32. The van der Waals surface area contributed by atoms with Crippen LogP contribution in [-0.4, -0.2) is 24.2 Å². The Hall–Kier alpha value is -3.18. The van der Waals surface area contributed by atoms with E-state index < -0.39 is 7.14 Å². The first-order valence-electron chi connectivity index (χ1n) is 12.0. The summed E-state index contributed by atoms with van der Waals surface area (Å²) in [6, 6.07) is 30.3. The molecule has 4 aromatic rings. The molecule has 0 atom stereocenters. The number of fused-ring (bicyclic) bond motifs is 1. The number of carbonyl (C=O) groups excluding carboxylic acids is 1. The minimum atomic E-state index is -3.20. The highest BCUT2D eigenvalue weighted by Crippen LogP contribution is 2.45. The lowest BCUT2D eigenvalue weighted by Gasteiger charge is -2.29. The Bertz CT molecular complexity index is 1400. The van der Waals surface area contributed by atoms with Crippen LogP contribution in [0, 0.1) is 0 Å². The van der Waals surface area contributed by atoms with Crippen LogP contribution in [0.15, 0.2) is 102 Å². The molecule has 5 rings (SSSR count). The minimum Gasteiger partial charge on any atom is -0.497 e. The van der Waals surface area contributed by atoms with Gasteiger partial charge in [0.2, 0.25) is 0 Å². The molecular formula is C30H27BrNO4P. The number of carbonyl (C=O) groups is 1. The third-order valence-electron chi connectivity index (χ3n) is 6.57. The van der Waals surface area contributed by atoms with Gasteiger partial charge in [0.05, 0.1) is 32.2 Å². The van der Waals surface area contributed by atoms with Gasteiger partial charge in [-0.15, -0.1) is 0 Å². The van der Waals surface area contributed by atoms with Gasteiger partial charge in [-0.3, -0.25) is 4.79 Å². The number of methoxy groups -OCH3 is 1. The molecule has 0 radical (unpaired) electrons. The largest absolute Gasteiger partial charge is 0.497 e. The molecule has 0 spiro atoms. The number of benzene rings is 4. The highest BCUT2D eigenvalue weighted by molar-refractivity contribution is 9.10. The molecule has 37 heavy (non-hydrogen) atoms. The molecule has 188 valence electrons. The Balaban J connectivity index is 1.58. The van der Waals surface area contributed by atoms with Crippen LogP contribution in [0.25, 0.3) is 0 Å². The zero-order chi connectivity index (χ0) is 25.8. The molecule has 0 aliphatic carbocycles. The Morgan fingerprint density at radius 2 is 1.46 bits per heavy atom. The summed E-state index contributed by atoms with van der Waals surface area (Å²) >= 11 is 3.60. The Kier molecular flexibility index (Phi) is 7.61. The Morgan fingerprint density at radius 1 is 0.892 bits per heavy atom. The Morgan fingerprint density at radius 3 is 2.03 bits per heavy atom. The van der Waals surface area contributed by atoms with Gasteiger partial charge in [0, 0.05) is 21.6 Å². The SMILES string of the molecule is COc1ccc(CN(CP(=O)(c2ccccc2)c2ccccc2)C(=O)c2cc3c(cc2Br)COC3)cc1. The van der Waals surface area contributed by atoms with Crippen molar-refractivity contribution in [2.24, 2.45) is 0 Å². The fourth-order valence-electron chi connectivity index (χ4n) is 4.56. The van der Waals surface area contributed by atoms with Crippen molar-refractivity contribution in [3.05, 3.63) is 124 Å². The molecule has 1 heterocycles. The van der Waals surface area contributed by atoms with E-state index in [1.54, 1.807) is 12.0 Å². The van der Waals surface area contributed by atoms with Gasteiger partial charge in [-0.25, -0.2) is 0 Å². The van der Waals surface area contributed by atoms with E-state index in [1.165, 1.54) is 0 Å². The van der Waals surface area contributed by atoms with Crippen molar-refractivity contribution in [3.63, 3.8) is 0 Å². The number of hydrogen-bond donors (Lipinski definition) is 0. The van der Waals surface area contributed by atoms with Crippen molar-refractivity contribution < 1.29 is 18.8 Å². The summed E-state index contributed by atoms with van der Waals surface area (Å²) in [5, 5.41) is 1.44. The number of amides is 1. The second-order valence-corrected chi connectivity index (χ2v) is 12.6. The molecule has 0 saturated carbocycles. The van der Waals surface area contributed by atoms with Crippen molar-refractivity contribution in [3.8, 4) is 5.75 Å².